The summed E-state index contributed by atoms with van der Waals surface area (Å²) in [5, 5.41) is 3.05. The maximum atomic E-state index is 12.5. The van der Waals surface area contributed by atoms with Crippen LogP contribution in [0.15, 0.2) is 29.2 Å². The minimum Gasteiger partial charge on any atom is -0.481 e. The van der Waals surface area contributed by atoms with Crippen LogP contribution in [0.3, 0.4) is 0 Å². The fourth-order valence-electron chi connectivity index (χ4n) is 3.94. The number of amides is 1. The smallest absolute Gasteiger partial charge is 0.260 e. The molecule has 1 aromatic carbocycles. The van der Waals surface area contributed by atoms with Gasteiger partial charge in [0.25, 0.3) is 5.91 Å². The molecule has 1 saturated heterocycles. The average molecular weight is 454 g/mol. The Hall–Kier alpha value is -1.68. The van der Waals surface area contributed by atoms with E-state index >= 15 is 0 Å². The molecule has 0 radical (unpaired) electrons. The molecule has 0 spiro atoms. The van der Waals surface area contributed by atoms with E-state index in [0.717, 1.165) is 65.0 Å². The molecule has 3 rings (SSSR count). The van der Waals surface area contributed by atoms with Crippen molar-refractivity contribution in [1.82, 2.24) is 14.9 Å². The first kappa shape index (κ1) is 24.0. The third kappa shape index (κ3) is 7.75. The SMILES string of the molecule is C[C@H](Oc1ccc(S(=O)(=O)NCCCN2CCOCC2)cc1)C(=O)NC1CCCCC1. The summed E-state index contributed by atoms with van der Waals surface area (Å²) in [6.45, 7) is 6.20. The van der Waals surface area contributed by atoms with Crippen molar-refractivity contribution in [2.75, 3.05) is 39.4 Å². The van der Waals surface area contributed by atoms with Crippen LogP contribution in [-0.4, -0.2) is 70.8 Å². The minimum atomic E-state index is -3.57. The van der Waals surface area contributed by atoms with Crippen molar-refractivity contribution in [3.05, 3.63) is 24.3 Å². The second kappa shape index (κ2) is 11.8. The first-order valence-electron chi connectivity index (χ1n) is 11.3. The topological polar surface area (TPSA) is 97.0 Å². The van der Waals surface area contributed by atoms with Gasteiger partial charge in [-0.2, -0.15) is 0 Å². The average Bonchev–Trinajstić information content (AvgIpc) is 2.78. The predicted molar refractivity (Wildman–Crippen MR) is 119 cm³/mol. The molecular weight excluding hydrogens is 418 g/mol. The Labute approximate surface area is 185 Å². The molecule has 1 amide bonds. The summed E-state index contributed by atoms with van der Waals surface area (Å²) in [5.41, 5.74) is 0. The lowest BCUT2D eigenvalue weighted by Gasteiger charge is -2.26. The molecule has 2 fully saturated rings. The zero-order chi connectivity index (χ0) is 22.1. The summed E-state index contributed by atoms with van der Waals surface area (Å²) < 4.78 is 38.7. The lowest BCUT2D eigenvalue weighted by Crippen LogP contribution is -2.43. The van der Waals surface area contributed by atoms with Crippen molar-refractivity contribution < 1.29 is 22.7 Å². The lowest BCUT2D eigenvalue weighted by molar-refractivity contribution is -0.128. The van der Waals surface area contributed by atoms with Gasteiger partial charge in [0.2, 0.25) is 10.0 Å². The van der Waals surface area contributed by atoms with Crippen LogP contribution in [0.5, 0.6) is 5.75 Å². The zero-order valence-corrected chi connectivity index (χ0v) is 19.2. The monoisotopic (exact) mass is 453 g/mol. The highest BCUT2D eigenvalue weighted by molar-refractivity contribution is 7.89. The summed E-state index contributed by atoms with van der Waals surface area (Å²) in [6.07, 6.45) is 5.68. The van der Waals surface area contributed by atoms with Crippen molar-refractivity contribution in [1.29, 1.82) is 0 Å². The fraction of sp³-hybridized carbons (Fsp3) is 0.682. The number of sulfonamides is 1. The van der Waals surface area contributed by atoms with Crippen molar-refractivity contribution in [3.8, 4) is 5.75 Å². The maximum Gasteiger partial charge on any atom is 0.260 e. The normalized spacial score (nSPS) is 19.6. The van der Waals surface area contributed by atoms with Crippen LogP contribution in [-0.2, 0) is 19.6 Å². The molecule has 8 nitrogen and oxygen atoms in total. The standard InChI is InChI=1S/C22H35N3O5S/c1-18(22(26)24-19-6-3-2-4-7-19)30-20-8-10-21(11-9-20)31(27,28)23-12-5-13-25-14-16-29-17-15-25/h8-11,18-19,23H,2-7,12-17H2,1H3,(H,24,26)/t18-/m0/s1. The summed E-state index contributed by atoms with van der Waals surface area (Å²) >= 11 is 0. The highest BCUT2D eigenvalue weighted by Gasteiger charge is 2.21. The van der Waals surface area contributed by atoms with Gasteiger partial charge in [0.1, 0.15) is 5.75 Å². The Morgan fingerprint density at radius 2 is 1.84 bits per heavy atom. The molecule has 31 heavy (non-hydrogen) atoms. The van der Waals surface area contributed by atoms with E-state index in [1.807, 2.05) is 0 Å². The summed E-state index contributed by atoms with van der Waals surface area (Å²) in [5.74, 6) is 0.336. The number of morpholine rings is 1. The lowest BCUT2D eigenvalue weighted by atomic mass is 9.95. The van der Waals surface area contributed by atoms with Gasteiger partial charge in [-0.1, -0.05) is 19.3 Å². The molecule has 0 unspecified atom stereocenters. The molecular formula is C22H35N3O5S. The minimum absolute atomic E-state index is 0.134. The van der Waals surface area contributed by atoms with Gasteiger partial charge in [0, 0.05) is 25.7 Å². The van der Waals surface area contributed by atoms with E-state index < -0.39 is 16.1 Å². The Kier molecular flexibility index (Phi) is 9.13. The van der Waals surface area contributed by atoms with E-state index in [2.05, 4.69) is 14.9 Å². The maximum absolute atomic E-state index is 12.5. The Morgan fingerprint density at radius 3 is 2.52 bits per heavy atom. The second-order valence-corrected chi connectivity index (χ2v) is 10.0. The van der Waals surface area contributed by atoms with Crippen LogP contribution in [0.1, 0.15) is 45.4 Å². The molecule has 1 aromatic rings. The molecule has 1 aliphatic heterocycles. The van der Waals surface area contributed by atoms with Gasteiger partial charge in [0.05, 0.1) is 18.1 Å². The zero-order valence-electron chi connectivity index (χ0n) is 18.3. The number of benzene rings is 1. The van der Waals surface area contributed by atoms with Crippen molar-refractivity contribution in [2.24, 2.45) is 0 Å². The van der Waals surface area contributed by atoms with Crippen LogP contribution in [0, 0.1) is 0 Å². The number of hydrogen-bond donors (Lipinski definition) is 2. The predicted octanol–water partition coefficient (Wildman–Crippen LogP) is 1.90. The summed E-state index contributed by atoms with van der Waals surface area (Å²) in [4.78, 5) is 14.8. The molecule has 2 N–H and O–H groups in total. The summed E-state index contributed by atoms with van der Waals surface area (Å²) in [6, 6.07) is 6.42. The van der Waals surface area contributed by atoms with E-state index in [-0.39, 0.29) is 16.8 Å². The van der Waals surface area contributed by atoms with E-state index in [1.165, 1.54) is 18.6 Å². The van der Waals surface area contributed by atoms with Crippen LogP contribution >= 0.6 is 0 Å². The molecule has 0 bridgehead atoms. The van der Waals surface area contributed by atoms with Crippen molar-refractivity contribution in [3.63, 3.8) is 0 Å². The third-order valence-electron chi connectivity index (χ3n) is 5.81. The molecule has 1 saturated carbocycles. The van der Waals surface area contributed by atoms with Gasteiger partial charge in [-0.25, -0.2) is 13.1 Å². The number of carbonyl (C=O) groups excluding carboxylic acids is 1. The van der Waals surface area contributed by atoms with Crippen LogP contribution in [0.4, 0.5) is 0 Å². The van der Waals surface area contributed by atoms with E-state index in [1.54, 1.807) is 19.1 Å². The van der Waals surface area contributed by atoms with E-state index in [9.17, 15) is 13.2 Å². The number of rotatable bonds is 10. The molecule has 1 atom stereocenters. The molecule has 174 valence electrons. The van der Waals surface area contributed by atoms with Crippen molar-refractivity contribution >= 4 is 15.9 Å². The Balaban J connectivity index is 1.42. The quantitative estimate of drug-likeness (QED) is 0.525. The molecule has 0 aromatic heterocycles. The van der Waals surface area contributed by atoms with Crippen LogP contribution in [0.2, 0.25) is 0 Å². The molecule has 1 aliphatic carbocycles. The van der Waals surface area contributed by atoms with Gasteiger partial charge < -0.3 is 14.8 Å². The van der Waals surface area contributed by atoms with Crippen LogP contribution < -0.4 is 14.8 Å². The van der Waals surface area contributed by atoms with Gasteiger partial charge in [0.15, 0.2) is 6.10 Å². The number of hydrogen-bond acceptors (Lipinski definition) is 6. The second-order valence-electron chi connectivity index (χ2n) is 8.28. The first-order valence-corrected chi connectivity index (χ1v) is 12.8. The molecule has 1 heterocycles. The highest BCUT2D eigenvalue weighted by atomic mass is 32.2. The number of carbonyl (C=O) groups is 1. The Morgan fingerprint density at radius 1 is 1.16 bits per heavy atom. The van der Waals surface area contributed by atoms with Gasteiger partial charge >= 0.3 is 0 Å². The number of ether oxygens (including phenoxy) is 2. The number of nitrogens with zero attached hydrogens (tertiary/aromatic N) is 1. The first-order chi connectivity index (χ1) is 14.9. The fourth-order valence-corrected chi connectivity index (χ4v) is 5.01. The number of nitrogens with one attached hydrogen (secondary N) is 2. The van der Waals surface area contributed by atoms with E-state index in [4.69, 9.17) is 9.47 Å². The highest BCUT2D eigenvalue weighted by Crippen LogP contribution is 2.19. The van der Waals surface area contributed by atoms with Gasteiger partial charge in [-0.3, -0.25) is 9.69 Å². The third-order valence-corrected chi connectivity index (χ3v) is 7.29. The van der Waals surface area contributed by atoms with Crippen LogP contribution in [0.25, 0.3) is 0 Å². The Bertz CT molecular complexity index is 788. The van der Waals surface area contributed by atoms with Gasteiger partial charge in [-0.05, 0) is 57.0 Å². The van der Waals surface area contributed by atoms with E-state index in [0.29, 0.717) is 12.3 Å². The molecule has 2 aliphatic rings. The van der Waals surface area contributed by atoms with Crippen molar-refractivity contribution in [2.45, 2.75) is 62.5 Å². The van der Waals surface area contributed by atoms with Gasteiger partial charge in [-0.15, -0.1) is 0 Å². The molecule has 9 heteroatoms. The largest absolute Gasteiger partial charge is 0.481 e. The summed E-state index contributed by atoms with van der Waals surface area (Å²) in [7, 11) is -3.57.